The summed E-state index contributed by atoms with van der Waals surface area (Å²) in [6.07, 6.45) is 6.80. The van der Waals surface area contributed by atoms with Crippen molar-refractivity contribution in [2.75, 3.05) is 0 Å². The summed E-state index contributed by atoms with van der Waals surface area (Å²) in [6, 6.07) is 0. The van der Waals surface area contributed by atoms with Gasteiger partial charge in [-0.25, -0.2) is 0 Å². The van der Waals surface area contributed by atoms with E-state index in [-0.39, 0.29) is 11.6 Å². The molecular formula is C10H20N2O. The number of hydrogen-bond donors (Lipinski definition) is 2. The van der Waals surface area contributed by atoms with Crippen LogP contribution in [0.5, 0.6) is 0 Å². The highest BCUT2D eigenvalue weighted by Gasteiger charge is 2.30. The average Bonchev–Trinajstić information content (AvgIpc) is 2.48. The SMILES string of the molecule is CCCCC(=O)NC1(N)CCCC1. The van der Waals surface area contributed by atoms with Gasteiger partial charge in [-0.05, 0) is 32.1 Å². The molecule has 13 heavy (non-hydrogen) atoms. The molecule has 3 nitrogen and oxygen atoms in total. The van der Waals surface area contributed by atoms with Crippen LogP contribution >= 0.6 is 0 Å². The third-order valence-electron chi connectivity index (χ3n) is 2.64. The highest BCUT2D eigenvalue weighted by atomic mass is 16.1. The molecule has 1 rings (SSSR count). The largest absolute Gasteiger partial charge is 0.338 e. The molecule has 76 valence electrons. The van der Waals surface area contributed by atoms with Crippen LogP contribution in [0.4, 0.5) is 0 Å². The van der Waals surface area contributed by atoms with E-state index in [9.17, 15) is 4.79 Å². The molecule has 0 aliphatic heterocycles. The van der Waals surface area contributed by atoms with Crippen LogP contribution in [0, 0.1) is 0 Å². The van der Waals surface area contributed by atoms with E-state index in [0.29, 0.717) is 6.42 Å². The minimum Gasteiger partial charge on any atom is -0.338 e. The quantitative estimate of drug-likeness (QED) is 0.651. The summed E-state index contributed by atoms with van der Waals surface area (Å²) in [5.74, 6) is 0.117. The van der Waals surface area contributed by atoms with Crippen LogP contribution in [0.25, 0.3) is 0 Å². The fraction of sp³-hybridized carbons (Fsp3) is 0.900. The lowest BCUT2D eigenvalue weighted by Crippen LogP contribution is -2.53. The van der Waals surface area contributed by atoms with Crippen LogP contribution < -0.4 is 11.1 Å². The van der Waals surface area contributed by atoms with Gasteiger partial charge in [-0.1, -0.05) is 13.3 Å². The van der Waals surface area contributed by atoms with Crippen LogP contribution in [0.1, 0.15) is 51.9 Å². The second kappa shape index (κ2) is 4.61. The molecule has 0 aromatic heterocycles. The Hall–Kier alpha value is -0.570. The van der Waals surface area contributed by atoms with Crippen LogP contribution in [0.2, 0.25) is 0 Å². The van der Waals surface area contributed by atoms with E-state index in [1.54, 1.807) is 0 Å². The summed E-state index contributed by atoms with van der Waals surface area (Å²) in [4.78, 5) is 11.4. The van der Waals surface area contributed by atoms with E-state index >= 15 is 0 Å². The van der Waals surface area contributed by atoms with Crippen molar-refractivity contribution < 1.29 is 4.79 Å². The lowest BCUT2D eigenvalue weighted by Gasteiger charge is -2.25. The molecule has 0 heterocycles. The van der Waals surface area contributed by atoms with Gasteiger partial charge in [0, 0.05) is 6.42 Å². The average molecular weight is 184 g/mol. The Morgan fingerprint density at radius 1 is 1.46 bits per heavy atom. The van der Waals surface area contributed by atoms with E-state index in [4.69, 9.17) is 5.73 Å². The molecule has 0 atom stereocenters. The highest BCUT2D eigenvalue weighted by molar-refractivity contribution is 5.76. The Morgan fingerprint density at radius 3 is 2.62 bits per heavy atom. The zero-order valence-corrected chi connectivity index (χ0v) is 8.44. The van der Waals surface area contributed by atoms with Gasteiger partial charge in [-0.2, -0.15) is 0 Å². The maximum absolute atomic E-state index is 11.4. The van der Waals surface area contributed by atoms with Gasteiger partial charge in [-0.15, -0.1) is 0 Å². The van der Waals surface area contributed by atoms with Crippen LogP contribution in [0.3, 0.4) is 0 Å². The number of unbranched alkanes of at least 4 members (excludes halogenated alkanes) is 1. The number of carbonyl (C=O) groups is 1. The molecule has 1 saturated carbocycles. The van der Waals surface area contributed by atoms with E-state index in [1.807, 2.05) is 0 Å². The molecule has 3 N–H and O–H groups in total. The van der Waals surface area contributed by atoms with Gasteiger partial charge >= 0.3 is 0 Å². The number of hydrogen-bond acceptors (Lipinski definition) is 2. The van der Waals surface area contributed by atoms with Crippen molar-refractivity contribution in [3.05, 3.63) is 0 Å². The van der Waals surface area contributed by atoms with Gasteiger partial charge in [0.25, 0.3) is 0 Å². The van der Waals surface area contributed by atoms with Crippen molar-refractivity contribution in [1.29, 1.82) is 0 Å². The fourth-order valence-electron chi connectivity index (χ4n) is 1.81. The molecule has 0 bridgehead atoms. The summed E-state index contributed by atoms with van der Waals surface area (Å²) < 4.78 is 0. The van der Waals surface area contributed by atoms with E-state index in [1.165, 1.54) is 0 Å². The zero-order chi connectivity index (χ0) is 9.73. The molecule has 0 aromatic rings. The molecule has 0 saturated heterocycles. The summed E-state index contributed by atoms with van der Waals surface area (Å²) in [7, 11) is 0. The fourth-order valence-corrected chi connectivity index (χ4v) is 1.81. The Kier molecular flexibility index (Phi) is 3.72. The molecule has 0 aromatic carbocycles. The Bertz CT molecular complexity index is 174. The Morgan fingerprint density at radius 2 is 2.08 bits per heavy atom. The molecule has 1 amide bonds. The molecular weight excluding hydrogens is 164 g/mol. The maximum Gasteiger partial charge on any atom is 0.221 e. The molecule has 0 unspecified atom stereocenters. The predicted octanol–water partition coefficient (Wildman–Crippen LogP) is 1.52. The second-order valence-corrected chi connectivity index (χ2v) is 4.01. The normalized spacial score (nSPS) is 20.2. The van der Waals surface area contributed by atoms with Crippen molar-refractivity contribution in [2.24, 2.45) is 5.73 Å². The van der Waals surface area contributed by atoms with Gasteiger partial charge in [0.05, 0.1) is 5.66 Å². The molecule has 1 aliphatic carbocycles. The number of rotatable bonds is 4. The first-order valence-electron chi connectivity index (χ1n) is 5.26. The number of nitrogens with one attached hydrogen (secondary N) is 1. The first-order valence-corrected chi connectivity index (χ1v) is 5.26. The maximum atomic E-state index is 11.4. The lowest BCUT2D eigenvalue weighted by atomic mass is 10.1. The third kappa shape index (κ3) is 3.35. The molecule has 1 aliphatic rings. The first kappa shape index (κ1) is 10.5. The number of carbonyl (C=O) groups excluding carboxylic acids is 1. The predicted molar refractivity (Wildman–Crippen MR) is 53.1 cm³/mol. The highest BCUT2D eigenvalue weighted by Crippen LogP contribution is 2.24. The van der Waals surface area contributed by atoms with Gasteiger partial charge in [0.1, 0.15) is 0 Å². The van der Waals surface area contributed by atoms with Gasteiger partial charge < -0.3 is 11.1 Å². The third-order valence-corrected chi connectivity index (χ3v) is 2.64. The molecule has 0 spiro atoms. The smallest absolute Gasteiger partial charge is 0.221 e. The first-order chi connectivity index (χ1) is 6.16. The van der Waals surface area contributed by atoms with Crippen LogP contribution in [0.15, 0.2) is 0 Å². The molecule has 1 fully saturated rings. The van der Waals surface area contributed by atoms with Crippen molar-refractivity contribution in [2.45, 2.75) is 57.5 Å². The summed E-state index contributed by atoms with van der Waals surface area (Å²) in [6.45, 7) is 2.08. The standard InChI is InChI=1S/C10H20N2O/c1-2-3-6-9(13)12-10(11)7-4-5-8-10/h2-8,11H2,1H3,(H,12,13). The van der Waals surface area contributed by atoms with Crippen LogP contribution in [-0.2, 0) is 4.79 Å². The number of nitrogens with two attached hydrogens (primary N) is 1. The summed E-state index contributed by atoms with van der Waals surface area (Å²) in [5, 5.41) is 2.93. The summed E-state index contributed by atoms with van der Waals surface area (Å²) >= 11 is 0. The Balaban J connectivity index is 2.26. The van der Waals surface area contributed by atoms with Crippen LogP contribution in [-0.4, -0.2) is 11.6 Å². The summed E-state index contributed by atoms with van der Waals surface area (Å²) in [5.41, 5.74) is 5.62. The zero-order valence-electron chi connectivity index (χ0n) is 8.44. The van der Waals surface area contributed by atoms with Crippen molar-refractivity contribution in [3.8, 4) is 0 Å². The monoisotopic (exact) mass is 184 g/mol. The van der Waals surface area contributed by atoms with Crippen molar-refractivity contribution in [3.63, 3.8) is 0 Å². The van der Waals surface area contributed by atoms with E-state index in [0.717, 1.165) is 38.5 Å². The van der Waals surface area contributed by atoms with Crippen molar-refractivity contribution >= 4 is 5.91 Å². The number of amides is 1. The van der Waals surface area contributed by atoms with Gasteiger partial charge in [-0.3, -0.25) is 4.79 Å². The topological polar surface area (TPSA) is 55.1 Å². The lowest BCUT2D eigenvalue weighted by molar-refractivity contribution is -0.123. The minimum atomic E-state index is -0.384. The van der Waals surface area contributed by atoms with Crippen molar-refractivity contribution in [1.82, 2.24) is 5.32 Å². The van der Waals surface area contributed by atoms with Gasteiger partial charge in [0.2, 0.25) is 5.91 Å². The van der Waals surface area contributed by atoms with E-state index < -0.39 is 0 Å². The van der Waals surface area contributed by atoms with E-state index in [2.05, 4.69) is 12.2 Å². The van der Waals surface area contributed by atoms with Gasteiger partial charge in [0.15, 0.2) is 0 Å². The second-order valence-electron chi connectivity index (χ2n) is 4.01. The minimum absolute atomic E-state index is 0.117. The Labute approximate surface area is 80.1 Å². The molecule has 3 heteroatoms. The molecule has 0 radical (unpaired) electrons.